The number of unbranched alkanes of at least 4 members (excludes halogenated alkanes) is 1. The number of hydrogen-bond acceptors (Lipinski definition) is 4. The van der Waals surface area contributed by atoms with Crippen LogP contribution in [0.5, 0.6) is 5.75 Å². The third-order valence-electron chi connectivity index (χ3n) is 3.87. The number of aryl methyl sites for hydroxylation is 1. The largest absolute Gasteiger partial charge is 0.497 e. The van der Waals surface area contributed by atoms with Gasteiger partial charge in [-0.3, -0.25) is 4.79 Å². The molecule has 0 aliphatic carbocycles. The molecule has 0 atom stereocenters. The molecule has 0 aromatic heterocycles. The molecule has 2 N–H and O–H groups in total. The second-order valence-electron chi connectivity index (χ2n) is 5.80. The molecular formula is C21H23N3O2. The fourth-order valence-corrected chi connectivity index (χ4v) is 2.33. The summed E-state index contributed by atoms with van der Waals surface area (Å²) < 4.78 is 5.07. The first-order valence-corrected chi connectivity index (χ1v) is 8.57. The van der Waals surface area contributed by atoms with Crippen LogP contribution >= 0.6 is 0 Å². The maximum absolute atomic E-state index is 12.2. The molecule has 0 heterocycles. The number of hydrogen-bond donors (Lipinski definition) is 2. The zero-order valence-corrected chi connectivity index (χ0v) is 15.1. The van der Waals surface area contributed by atoms with Crippen LogP contribution in [0, 0.1) is 11.3 Å². The van der Waals surface area contributed by atoms with Crippen molar-refractivity contribution in [2.45, 2.75) is 26.2 Å². The second-order valence-corrected chi connectivity index (χ2v) is 5.80. The van der Waals surface area contributed by atoms with Gasteiger partial charge >= 0.3 is 0 Å². The lowest BCUT2D eigenvalue weighted by molar-refractivity contribution is -0.112. The lowest BCUT2D eigenvalue weighted by Crippen LogP contribution is -2.14. The Labute approximate surface area is 154 Å². The average molecular weight is 349 g/mol. The first-order chi connectivity index (χ1) is 12.7. The van der Waals surface area contributed by atoms with Crippen molar-refractivity contribution in [1.29, 1.82) is 5.26 Å². The van der Waals surface area contributed by atoms with E-state index in [0.29, 0.717) is 11.4 Å². The van der Waals surface area contributed by atoms with Crippen molar-refractivity contribution >= 4 is 17.3 Å². The average Bonchev–Trinajstić information content (AvgIpc) is 2.68. The summed E-state index contributed by atoms with van der Waals surface area (Å²) in [5.74, 6) is 0.229. The molecule has 5 nitrogen and oxygen atoms in total. The molecule has 2 aromatic carbocycles. The number of anilines is 2. The number of nitrogens with zero attached hydrogens (tertiary/aromatic N) is 1. The predicted molar refractivity (Wildman–Crippen MR) is 104 cm³/mol. The smallest absolute Gasteiger partial charge is 0.267 e. The van der Waals surface area contributed by atoms with E-state index >= 15 is 0 Å². The van der Waals surface area contributed by atoms with E-state index in [1.807, 2.05) is 18.2 Å². The van der Waals surface area contributed by atoms with Crippen LogP contribution in [-0.2, 0) is 11.2 Å². The molecule has 0 unspecified atom stereocenters. The molecule has 0 saturated carbocycles. The van der Waals surface area contributed by atoms with Gasteiger partial charge in [-0.05, 0) is 54.8 Å². The van der Waals surface area contributed by atoms with E-state index in [1.165, 1.54) is 11.8 Å². The number of methoxy groups -OCH3 is 1. The van der Waals surface area contributed by atoms with Crippen molar-refractivity contribution in [3.8, 4) is 11.8 Å². The van der Waals surface area contributed by atoms with Gasteiger partial charge in [-0.15, -0.1) is 0 Å². The molecule has 26 heavy (non-hydrogen) atoms. The van der Waals surface area contributed by atoms with E-state index in [1.54, 1.807) is 31.4 Å². The molecule has 0 radical (unpaired) electrons. The molecule has 2 aromatic rings. The number of nitrogens with one attached hydrogen (secondary N) is 2. The number of amides is 1. The molecule has 5 heteroatoms. The molecule has 0 spiro atoms. The topological polar surface area (TPSA) is 74.2 Å². The molecule has 0 aliphatic heterocycles. The summed E-state index contributed by atoms with van der Waals surface area (Å²) in [6.45, 7) is 2.17. The van der Waals surface area contributed by atoms with Gasteiger partial charge in [0.2, 0.25) is 0 Å². The normalized spacial score (nSPS) is 10.7. The molecule has 134 valence electrons. The van der Waals surface area contributed by atoms with Crippen LogP contribution in [0.1, 0.15) is 25.3 Å². The van der Waals surface area contributed by atoms with Crippen molar-refractivity contribution in [2.75, 3.05) is 17.7 Å². The lowest BCUT2D eigenvalue weighted by Gasteiger charge is -2.07. The maximum Gasteiger partial charge on any atom is 0.267 e. The number of nitriles is 1. The Morgan fingerprint density at radius 1 is 1.12 bits per heavy atom. The monoisotopic (exact) mass is 349 g/mol. The number of carbonyl (C=O) groups is 1. The van der Waals surface area contributed by atoms with E-state index in [-0.39, 0.29) is 5.57 Å². The molecule has 0 fully saturated rings. The molecule has 0 aliphatic rings. The Morgan fingerprint density at radius 2 is 1.77 bits per heavy atom. The van der Waals surface area contributed by atoms with Gasteiger partial charge in [0.1, 0.15) is 17.4 Å². The van der Waals surface area contributed by atoms with Crippen LogP contribution in [0.25, 0.3) is 0 Å². The van der Waals surface area contributed by atoms with Crippen molar-refractivity contribution in [1.82, 2.24) is 0 Å². The summed E-state index contributed by atoms with van der Waals surface area (Å²) in [6.07, 6.45) is 4.80. The van der Waals surface area contributed by atoms with Crippen LogP contribution in [0.3, 0.4) is 0 Å². The highest BCUT2D eigenvalue weighted by molar-refractivity contribution is 6.06. The minimum atomic E-state index is -0.468. The third-order valence-corrected chi connectivity index (χ3v) is 3.87. The van der Waals surface area contributed by atoms with Gasteiger partial charge in [0, 0.05) is 17.6 Å². The number of benzene rings is 2. The summed E-state index contributed by atoms with van der Waals surface area (Å²) in [6, 6.07) is 16.8. The van der Waals surface area contributed by atoms with Gasteiger partial charge in [-0.1, -0.05) is 25.5 Å². The van der Waals surface area contributed by atoms with Gasteiger partial charge in [-0.2, -0.15) is 5.26 Å². The van der Waals surface area contributed by atoms with Crippen LogP contribution in [0.4, 0.5) is 11.4 Å². The zero-order valence-electron chi connectivity index (χ0n) is 15.1. The molecule has 0 bridgehead atoms. The van der Waals surface area contributed by atoms with Crippen molar-refractivity contribution < 1.29 is 9.53 Å². The second kappa shape index (κ2) is 9.90. The highest BCUT2D eigenvalue weighted by Gasteiger charge is 2.09. The first-order valence-electron chi connectivity index (χ1n) is 8.57. The fraction of sp³-hybridized carbons (Fsp3) is 0.238. The molecular weight excluding hydrogens is 326 g/mol. The van der Waals surface area contributed by atoms with Crippen LogP contribution in [0.2, 0.25) is 0 Å². The van der Waals surface area contributed by atoms with E-state index in [2.05, 4.69) is 29.7 Å². The standard InChI is InChI=1S/C21H23N3O2/c1-3-4-5-16-6-8-18(9-7-16)23-15-17(14-22)21(25)24-19-10-12-20(26-2)13-11-19/h6-13,15,23H,3-5H2,1-2H3,(H,24,25)/b17-15-. The third kappa shape index (κ3) is 5.67. The highest BCUT2D eigenvalue weighted by Crippen LogP contribution is 2.16. The van der Waals surface area contributed by atoms with E-state index in [0.717, 1.165) is 24.9 Å². The Kier molecular flexibility index (Phi) is 7.26. The summed E-state index contributed by atoms with van der Waals surface area (Å²) in [7, 11) is 1.58. The number of carbonyl (C=O) groups excluding carboxylic acids is 1. The van der Waals surface area contributed by atoms with E-state index < -0.39 is 5.91 Å². The molecule has 2 rings (SSSR count). The van der Waals surface area contributed by atoms with Crippen molar-refractivity contribution in [2.24, 2.45) is 0 Å². The van der Waals surface area contributed by atoms with Crippen molar-refractivity contribution in [3.63, 3.8) is 0 Å². The summed E-state index contributed by atoms with van der Waals surface area (Å²) in [5.41, 5.74) is 2.70. The summed E-state index contributed by atoms with van der Waals surface area (Å²) in [4.78, 5) is 12.2. The Balaban J connectivity index is 1.97. The first kappa shape index (κ1) is 19.1. The minimum Gasteiger partial charge on any atom is -0.497 e. The van der Waals surface area contributed by atoms with E-state index in [4.69, 9.17) is 4.74 Å². The highest BCUT2D eigenvalue weighted by atomic mass is 16.5. The van der Waals surface area contributed by atoms with Crippen LogP contribution in [-0.4, -0.2) is 13.0 Å². The molecule has 1 amide bonds. The minimum absolute atomic E-state index is 0.00382. The van der Waals surface area contributed by atoms with E-state index in [9.17, 15) is 10.1 Å². The van der Waals surface area contributed by atoms with Gasteiger partial charge < -0.3 is 15.4 Å². The predicted octanol–water partition coefficient (Wildman–Crippen LogP) is 4.50. The van der Waals surface area contributed by atoms with Crippen LogP contribution < -0.4 is 15.4 Å². The summed E-state index contributed by atoms with van der Waals surface area (Å²) in [5, 5.41) is 14.9. The lowest BCUT2D eigenvalue weighted by atomic mass is 10.1. The van der Waals surface area contributed by atoms with Gasteiger partial charge in [0.25, 0.3) is 5.91 Å². The molecule has 0 saturated heterocycles. The van der Waals surface area contributed by atoms with Gasteiger partial charge in [0.05, 0.1) is 7.11 Å². The number of rotatable bonds is 8. The Morgan fingerprint density at radius 3 is 2.35 bits per heavy atom. The SMILES string of the molecule is CCCCc1ccc(N/C=C(/C#N)C(=O)Nc2ccc(OC)cc2)cc1. The fourth-order valence-electron chi connectivity index (χ4n) is 2.33. The zero-order chi connectivity index (χ0) is 18.8. The maximum atomic E-state index is 12.2. The van der Waals surface area contributed by atoms with Gasteiger partial charge in [0.15, 0.2) is 0 Å². The van der Waals surface area contributed by atoms with Crippen LogP contribution in [0.15, 0.2) is 60.3 Å². The Hall–Kier alpha value is -3.26. The quantitative estimate of drug-likeness (QED) is 0.544. The van der Waals surface area contributed by atoms with Gasteiger partial charge in [-0.25, -0.2) is 0 Å². The number of ether oxygens (including phenoxy) is 1. The Bertz CT molecular complexity index is 788. The summed E-state index contributed by atoms with van der Waals surface area (Å²) >= 11 is 0. The van der Waals surface area contributed by atoms with Crippen molar-refractivity contribution in [3.05, 3.63) is 65.9 Å².